The first-order valence-electron chi connectivity index (χ1n) is 7.31. The Morgan fingerprint density at radius 1 is 1.24 bits per heavy atom. The van der Waals surface area contributed by atoms with Crippen molar-refractivity contribution in [3.05, 3.63) is 39.4 Å². The lowest BCUT2D eigenvalue weighted by molar-refractivity contribution is 0.411. The van der Waals surface area contributed by atoms with Crippen LogP contribution in [-0.2, 0) is 6.42 Å². The molecule has 114 valence electrons. The standard InChI is InChI=1S/C16H23N3OS/c1-6-13-16(21-19-18-13)15(17-7-2)12-8-11(4)14(20-5)9-10(12)3/h8-9,15,17H,6-7H2,1-5H3. The normalized spacial score (nSPS) is 12.4. The smallest absolute Gasteiger partial charge is 0.122 e. The molecular formula is C16H23N3OS. The zero-order chi connectivity index (χ0) is 15.4. The van der Waals surface area contributed by atoms with Gasteiger partial charge in [-0.2, -0.15) is 0 Å². The Hall–Kier alpha value is -1.46. The van der Waals surface area contributed by atoms with E-state index in [1.165, 1.54) is 27.5 Å². The van der Waals surface area contributed by atoms with Crippen molar-refractivity contribution in [1.82, 2.24) is 14.9 Å². The van der Waals surface area contributed by atoms with Crippen LogP contribution >= 0.6 is 11.5 Å². The van der Waals surface area contributed by atoms with Gasteiger partial charge in [0, 0.05) is 0 Å². The van der Waals surface area contributed by atoms with E-state index in [4.69, 9.17) is 4.74 Å². The van der Waals surface area contributed by atoms with Crippen LogP contribution in [0.4, 0.5) is 0 Å². The first-order chi connectivity index (χ1) is 10.1. The van der Waals surface area contributed by atoms with Gasteiger partial charge in [0.2, 0.25) is 0 Å². The molecule has 4 nitrogen and oxygen atoms in total. The zero-order valence-corrected chi connectivity index (χ0v) is 14.2. The summed E-state index contributed by atoms with van der Waals surface area (Å²) in [5.74, 6) is 0.935. The Labute approximate surface area is 130 Å². The molecule has 1 atom stereocenters. The van der Waals surface area contributed by atoms with E-state index in [1.54, 1.807) is 7.11 Å². The molecule has 5 heteroatoms. The molecule has 2 rings (SSSR count). The maximum Gasteiger partial charge on any atom is 0.122 e. The molecule has 0 fully saturated rings. The Morgan fingerprint density at radius 2 is 2.00 bits per heavy atom. The van der Waals surface area contributed by atoms with E-state index in [0.717, 1.165) is 30.0 Å². The Kier molecular flexibility index (Phi) is 5.31. The van der Waals surface area contributed by atoms with Gasteiger partial charge in [0.1, 0.15) is 5.75 Å². The third-order valence-electron chi connectivity index (χ3n) is 3.68. The molecule has 1 heterocycles. The second-order valence-corrected chi connectivity index (χ2v) is 5.89. The number of hydrogen-bond donors (Lipinski definition) is 1. The molecule has 0 radical (unpaired) electrons. The SMILES string of the molecule is CCNC(c1cc(C)c(OC)cc1C)c1snnc1CC. The number of methoxy groups -OCH3 is 1. The summed E-state index contributed by atoms with van der Waals surface area (Å²) in [6.45, 7) is 9.35. The number of rotatable bonds is 6. The molecule has 0 aliphatic rings. The van der Waals surface area contributed by atoms with Crippen LogP contribution in [0.15, 0.2) is 12.1 Å². The van der Waals surface area contributed by atoms with Crippen molar-refractivity contribution in [3.8, 4) is 5.75 Å². The fourth-order valence-electron chi connectivity index (χ4n) is 2.57. The number of benzene rings is 1. The van der Waals surface area contributed by atoms with Crippen molar-refractivity contribution in [2.24, 2.45) is 0 Å². The first kappa shape index (κ1) is 15.9. The predicted octanol–water partition coefficient (Wildman–Crippen LogP) is 3.42. The fraction of sp³-hybridized carbons (Fsp3) is 0.500. The summed E-state index contributed by atoms with van der Waals surface area (Å²) in [5.41, 5.74) is 4.73. The average Bonchev–Trinajstić information content (AvgIpc) is 2.95. The molecule has 0 amide bonds. The molecule has 1 aromatic heterocycles. The van der Waals surface area contributed by atoms with Gasteiger partial charge in [0.25, 0.3) is 0 Å². The minimum Gasteiger partial charge on any atom is -0.496 e. The van der Waals surface area contributed by atoms with Crippen LogP contribution in [0.1, 0.15) is 47.2 Å². The highest BCUT2D eigenvalue weighted by Gasteiger charge is 2.22. The van der Waals surface area contributed by atoms with E-state index in [1.807, 2.05) is 0 Å². The van der Waals surface area contributed by atoms with Crippen LogP contribution in [0.2, 0.25) is 0 Å². The molecule has 1 N–H and O–H groups in total. The van der Waals surface area contributed by atoms with Crippen molar-refractivity contribution in [2.45, 2.75) is 40.2 Å². The molecular weight excluding hydrogens is 282 g/mol. The molecule has 0 saturated carbocycles. The van der Waals surface area contributed by atoms with Gasteiger partial charge in [-0.15, -0.1) is 5.10 Å². The van der Waals surface area contributed by atoms with Gasteiger partial charge in [-0.05, 0) is 61.1 Å². The summed E-state index contributed by atoms with van der Waals surface area (Å²) in [4.78, 5) is 1.21. The van der Waals surface area contributed by atoms with E-state index in [2.05, 4.69) is 54.7 Å². The van der Waals surface area contributed by atoms with Gasteiger partial charge < -0.3 is 10.1 Å². The Bertz CT molecular complexity index is 610. The fourth-order valence-corrected chi connectivity index (χ4v) is 3.40. The summed E-state index contributed by atoms with van der Waals surface area (Å²) < 4.78 is 9.55. The minimum atomic E-state index is 0.148. The van der Waals surface area contributed by atoms with E-state index >= 15 is 0 Å². The molecule has 0 spiro atoms. The van der Waals surface area contributed by atoms with Crippen molar-refractivity contribution in [1.29, 1.82) is 0 Å². The predicted molar refractivity (Wildman–Crippen MR) is 87.3 cm³/mol. The van der Waals surface area contributed by atoms with E-state index in [0.29, 0.717) is 0 Å². The van der Waals surface area contributed by atoms with E-state index < -0.39 is 0 Å². The van der Waals surface area contributed by atoms with Gasteiger partial charge in [0.05, 0.1) is 23.7 Å². The van der Waals surface area contributed by atoms with Gasteiger partial charge in [-0.25, -0.2) is 0 Å². The number of aryl methyl sites for hydroxylation is 3. The molecule has 1 unspecified atom stereocenters. The summed E-state index contributed by atoms with van der Waals surface area (Å²) in [5, 5.41) is 7.82. The Morgan fingerprint density at radius 3 is 2.62 bits per heavy atom. The number of nitrogens with one attached hydrogen (secondary N) is 1. The molecule has 21 heavy (non-hydrogen) atoms. The quantitative estimate of drug-likeness (QED) is 0.888. The second kappa shape index (κ2) is 7.00. The maximum atomic E-state index is 5.41. The van der Waals surface area contributed by atoms with Crippen LogP contribution in [0.3, 0.4) is 0 Å². The number of hydrogen-bond acceptors (Lipinski definition) is 5. The lowest BCUT2D eigenvalue weighted by atomic mass is 9.96. The first-order valence-corrected chi connectivity index (χ1v) is 8.09. The highest BCUT2D eigenvalue weighted by atomic mass is 32.1. The second-order valence-electron chi connectivity index (χ2n) is 5.11. The molecule has 0 bridgehead atoms. The molecule has 0 saturated heterocycles. The van der Waals surface area contributed by atoms with Gasteiger partial charge in [-0.1, -0.05) is 24.4 Å². The largest absolute Gasteiger partial charge is 0.496 e. The number of nitrogens with zero attached hydrogens (tertiary/aromatic N) is 2. The molecule has 0 aliphatic heterocycles. The molecule has 2 aromatic rings. The summed E-state index contributed by atoms with van der Waals surface area (Å²) >= 11 is 1.49. The van der Waals surface area contributed by atoms with Gasteiger partial charge in [0.15, 0.2) is 0 Å². The minimum absolute atomic E-state index is 0.148. The van der Waals surface area contributed by atoms with Crippen molar-refractivity contribution in [2.75, 3.05) is 13.7 Å². The van der Waals surface area contributed by atoms with Crippen molar-refractivity contribution < 1.29 is 4.74 Å². The third-order valence-corrected chi connectivity index (χ3v) is 4.52. The van der Waals surface area contributed by atoms with Crippen LogP contribution < -0.4 is 10.1 Å². The Balaban J connectivity index is 2.50. The van der Waals surface area contributed by atoms with E-state index in [9.17, 15) is 0 Å². The maximum absolute atomic E-state index is 5.41. The van der Waals surface area contributed by atoms with Crippen LogP contribution in [-0.4, -0.2) is 23.2 Å². The average molecular weight is 305 g/mol. The monoisotopic (exact) mass is 305 g/mol. The van der Waals surface area contributed by atoms with Gasteiger partial charge in [-0.3, -0.25) is 0 Å². The molecule has 0 aliphatic carbocycles. The number of aromatic nitrogens is 2. The zero-order valence-electron chi connectivity index (χ0n) is 13.4. The lowest BCUT2D eigenvalue weighted by Gasteiger charge is -2.21. The third kappa shape index (κ3) is 3.24. The molecule has 1 aromatic carbocycles. The summed E-state index contributed by atoms with van der Waals surface area (Å²) in [6.07, 6.45) is 0.905. The van der Waals surface area contributed by atoms with Crippen molar-refractivity contribution in [3.63, 3.8) is 0 Å². The van der Waals surface area contributed by atoms with Gasteiger partial charge >= 0.3 is 0 Å². The van der Waals surface area contributed by atoms with Crippen LogP contribution in [0.25, 0.3) is 0 Å². The summed E-state index contributed by atoms with van der Waals surface area (Å²) in [7, 11) is 1.71. The van der Waals surface area contributed by atoms with E-state index in [-0.39, 0.29) is 6.04 Å². The topological polar surface area (TPSA) is 47.0 Å². The highest BCUT2D eigenvalue weighted by molar-refractivity contribution is 7.05. The number of ether oxygens (including phenoxy) is 1. The summed E-state index contributed by atoms with van der Waals surface area (Å²) in [6, 6.07) is 4.46. The van der Waals surface area contributed by atoms with Crippen LogP contribution in [0, 0.1) is 13.8 Å². The highest BCUT2D eigenvalue weighted by Crippen LogP contribution is 2.32. The van der Waals surface area contributed by atoms with Crippen LogP contribution in [0.5, 0.6) is 5.75 Å². The lowest BCUT2D eigenvalue weighted by Crippen LogP contribution is -2.23. The van der Waals surface area contributed by atoms with Crippen molar-refractivity contribution >= 4 is 11.5 Å².